The number of rotatable bonds is 11. The maximum absolute atomic E-state index is 15.5. The topological polar surface area (TPSA) is 62.2 Å². The van der Waals surface area contributed by atoms with Gasteiger partial charge in [-0.1, -0.05) is 30.3 Å². The lowest BCUT2D eigenvalue weighted by atomic mass is 9.92. The summed E-state index contributed by atoms with van der Waals surface area (Å²) in [7, 11) is 0. The zero-order valence-corrected chi connectivity index (χ0v) is 23.9. The number of ether oxygens (including phenoxy) is 2. The molecule has 41 heavy (non-hydrogen) atoms. The van der Waals surface area contributed by atoms with Crippen molar-refractivity contribution < 1.29 is 23.8 Å². The lowest BCUT2D eigenvalue weighted by Crippen LogP contribution is -2.25. The number of nitrogens with zero attached hydrogens (tertiary/aromatic N) is 2. The average molecular weight is 575 g/mol. The van der Waals surface area contributed by atoms with Gasteiger partial charge in [-0.2, -0.15) is 4.39 Å². The summed E-state index contributed by atoms with van der Waals surface area (Å²) in [6, 6.07) is 16.5. The Labute approximate surface area is 243 Å². The van der Waals surface area contributed by atoms with Crippen molar-refractivity contribution in [2.75, 3.05) is 52.5 Å². The predicted molar refractivity (Wildman–Crippen MR) is 161 cm³/mol. The Bertz CT molecular complexity index is 1510. The highest BCUT2D eigenvalue weighted by atomic mass is 32.1. The van der Waals surface area contributed by atoms with E-state index in [1.165, 1.54) is 24.2 Å². The van der Waals surface area contributed by atoms with Crippen LogP contribution in [0, 0.1) is 5.82 Å². The van der Waals surface area contributed by atoms with Crippen molar-refractivity contribution in [1.82, 2.24) is 9.80 Å². The maximum Gasteiger partial charge on any atom is 0.207 e. The Morgan fingerprint density at radius 2 is 1.51 bits per heavy atom. The Balaban J connectivity index is 1.30. The molecule has 0 aliphatic carbocycles. The first-order chi connectivity index (χ1) is 20.1. The summed E-state index contributed by atoms with van der Waals surface area (Å²) < 4.78 is 28.3. The fourth-order valence-corrected chi connectivity index (χ4v) is 6.73. The standard InChI is InChI=1S/C33H35FN2O4S/c34-31-28(40-20-18-36-15-5-6-16-36)21-26(23-9-11-24(12-10-23)39-19-17-35-13-3-4-14-35)30(33(31)38)32(37)27-22-41-29-8-2-1-7-25(27)29/h1-2,7-12,21-22,38H,3-6,13-20H2. The third kappa shape index (κ3) is 6.10. The molecule has 2 fully saturated rings. The maximum atomic E-state index is 15.5. The van der Waals surface area contributed by atoms with Crippen molar-refractivity contribution in [1.29, 1.82) is 0 Å². The molecule has 3 aromatic carbocycles. The van der Waals surface area contributed by atoms with E-state index in [1.54, 1.807) is 11.4 Å². The number of thiophene rings is 1. The van der Waals surface area contributed by atoms with E-state index >= 15 is 4.39 Å². The van der Waals surface area contributed by atoms with Gasteiger partial charge >= 0.3 is 0 Å². The number of aromatic hydroxyl groups is 1. The number of carbonyl (C=O) groups is 1. The fraction of sp³-hybridized carbons (Fsp3) is 0.364. The second-order valence-corrected chi connectivity index (χ2v) is 11.7. The summed E-state index contributed by atoms with van der Waals surface area (Å²) in [5.41, 5.74) is 1.45. The number of benzene rings is 3. The van der Waals surface area contributed by atoms with E-state index in [4.69, 9.17) is 9.47 Å². The first kappa shape index (κ1) is 27.7. The minimum Gasteiger partial charge on any atom is -0.504 e. The number of likely N-dealkylation sites (tertiary alicyclic amines) is 2. The second kappa shape index (κ2) is 12.6. The van der Waals surface area contributed by atoms with Crippen molar-refractivity contribution in [2.24, 2.45) is 0 Å². The molecule has 3 heterocycles. The Hall–Kier alpha value is -3.46. The van der Waals surface area contributed by atoms with Gasteiger partial charge in [0.15, 0.2) is 17.3 Å². The van der Waals surface area contributed by atoms with Crippen LogP contribution < -0.4 is 9.47 Å². The van der Waals surface area contributed by atoms with E-state index in [0.717, 1.165) is 61.4 Å². The molecule has 4 aromatic rings. The van der Waals surface area contributed by atoms with Gasteiger partial charge < -0.3 is 14.6 Å². The first-order valence-electron chi connectivity index (χ1n) is 14.5. The molecular formula is C33H35FN2O4S. The lowest BCUT2D eigenvalue weighted by molar-refractivity contribution is 0.103. The smallest absolute Gasteiger partial charge is 0.207 e. The SMILES string of the molecule is O=C(c1c(-c2ccc(OCCN3CCCC3)cc2)cc(OCCN2CCCC2)c(F)c1O)c1csc2ccccc12. The molecule has 0 atom stereocenters. The normalized spacial score (nSPS) is 16.0. The van der Waals surface area contributed by atoms with Crippen molar-refractivity contribution in [2.45, 2.75) is 25.7 Å². The number of carbonyl (C=O) groups excluding carboxylic acids is 1. The van der Waals surface area contributed by atoms with Gasteiger partial charge in [-0.3, -0.25) is 14.6 Å². The molecule has 6 rings (SSSR count). The molecule has 0 spiro atoms. The first-order valence-corrected chi connectivity index (χ1v) is 15.3. The number of phenolic OH excluding ortho intramolecular Hbond substituents is 1. The molecule has 1 N–H and O–H groups in total. The number of halogens is 1. The molecule has 0 radical (unpaired) electrons. The van der Waals surface area contributed by atoms with Gasteiger partial charge in [-0.05, 0) is 81.7 Å². The van der Waals surface area contributed by atoms with Crippen molar-refractivity contribution in [3.8, 4) is 28.4 Å². The van der Waals surface area contributed by atoms with E-state index in [-0.39, 0.29) is 11.3 Å². The quantitative estimate of drug-likeness (QED) is 0.204. The van der Waals surface area contributed by atoms with Crippen LogP contribution >= 0.6 is 11.3 Å². The average Bonchev–Trinajstić information content (AvgIpc) is 3.78. The molecule has 8 heteroatoms. The molecule has 2 aliphatic rings. The number of hydrogen-bond acceptors (Lipinski definition) is 7. The molecule has 2 saturated heterocycles. The largest absolute Gasteiger partial charge is 0.504 e. The van der Waals surface area contributed by atoms with Gasteiger partial charge in [0.05, 0.1) is 5.56 Å². The van der Waals surface area contributed by atoms with Crippen molar-refractivity contribution >= 4 is 27.2 Å². The molecule has 214 valence electrons. The van der Waals surface area contributed by atoms with Crippen LogP contribution in [0.15, 0.2) is 60.0 Å². The van der Waals surface area contributed by atoms with E-state index in [9.17, 15) is 9.90 Å². The number of phenols is 1. The second-order valence-electron chi connectivity index (χ2n) is 10.8. The third-order valence-electron chi connectivity index (χ3n) is 8.06. The van der Waals surface area contributed by atoms with Crippen LogP contribution in [0.3, 0.4) is 0 Å². The number of hydrogen-bond donors (Lipinski definition) is 1. The molecule has 0 unspecified atom stereocenters. The highest BCUT2D eigenvalue weighted by molar-refractivity contribution is 7.17. The summed E-state index contributed by atoms with van der Waals surface area (Å²) >= 11 is 1.45. The molecule has 0 bridgehead atoms. The van der Waals surface area contributed by atoms with Crippen LogP contribution in [0.4, 0.5) is 4.39 Å². The van der Waals surface area contributed by atoms with Gasteiger partial charge in [0.1, 0.15) is 19.0 Å². The minimum atomic E-state index is -0.917. The zero-order valence-electron chi connectivity index (χ0n) is 23.1. The third-order valence-corrected chi connectivity index (χ3v) is 9.03. The molecule has 0 saturated carbocycles. The summed E-state index contributed by atoms with van der Waals surface area (Å²) in [5.74, 6) is -1.37. The van der Waals surface area contributed by atoms with Crippen LogP contribution in [0.5, 0.6) is 17.2 Å². The molecule has 0 amide bonds. The molecule has 6 nitrogen and oxygen atoms in total. The Morgan fingerprint density at radius 1 is 0.878 bits per heavy atom. The van der Waals surface area contributed by atoms with Crippen LogP contribution in [0.25, 0.3) is 21.2 Å². The highest BCUT2D eigenvalue weighted by Crippen LogP contribution is 2.41. The van der Waals surface area contributed by atoms with Crippen LogP contribution in [0.2, 0.25) is 0 Å². The molecule has 1 aromatic heterocycles. The van der Waals surface area contributed by atoms with Gasteiger partial charge in [-0.15, -0.1) is 11.3 Å². The fourth-order valence-electron chi connectivity index (χ4n) is 5.79. The van der Waals surface area contributed by atoms with Gasteiger partial charge in [-0.25, -0.2) is 0 Å². The Kier molecular flexibility index (Phi) is 8.51. The highest BCUT2D eigenvalue weighted by Gasteiger charge is 2.27. The summed E-state index contributed by atoms with van der Waals surface area (Å²) in [6.07, 6.45) is 4.80. The zero-order chi connectivity index (χ0) is 28.2. The van der Waals surface area contributed by atoms with E-state index < -0.39 is 17.3 Å². The van der Waals surface area contributed by atoms with Crippen LogP contribution in [-0.2, 0) is 0 Å². The molecular weight excluding hydrogens is 539 g/mol. The summed E-state index contributed by atoms with van der Waals surface area (Å²) in [6.45, 7) is 6.72. The van der Waals surface area contributed by atoms with Crippen LogP contribution in [0.1, 0.15) is 41.6 Å². The van der Waals surface area contributed by atoms with Crippen molar-refractivity contribution in [3.63, 3.8) is 0 Å². The predicted octanol–water partition coefficient (Wildman–Crippen LogP) is 6.59. The minimum absolute atomic E-state index is 0.0608. The monoisotopic (exact) mass is 574 g/mol. The Morgan fingerprint density at radius 3 is 2.20 bits per heavy atom. The van der Waals surface area contributed by atoms with E-state index in [2.05, 4.69) is 9.80 Å². The van der Waals surface area contributed by atoms with Gasteiger partial charge in [0, 0.05) is 39.7 Å². The van der Waals surface area contributed by atoms with E-state index in [1.807, 2.05) is 48.5 Å². The van der Waals surface area contributed by atoms with Crippen LogP contribution in [-0.4, -0.2) is 73.2 Å². The molecule has 2 aliphatic heterocycles. The lowest BCUT2D eigenvalue weighted by Gasteiger charge is -2.18. The summed E-state index contributed by atoms with van der Waals surface area (Å²) in [4.78, 5) is 18.6. The number of ketones is 1. The van der Waals surface area contributed by atoms with E-state index in [0.29, 0.717) is 36.4 Å². The summed E-state index contributed by atoms with van der Waals surface area (Å²) in [5, 5.41) is 13.7. The number of fused-ring (bicyclic) bond motifs is 1. The van der Waals surface area contributed by atoms with Gasteiger partial charge in [0.2, 0.25) is 5.82 Å². The van der Waals surface area contributed by atoms with Crippen molar-refractivity contribution in [3.05, 3.63) is 76.9 Å². The van der Waals surface area contributed by atoms with Gasteiger partial charge in [0.25, 0.3) is 0 Å².